The highest BCUT2D eigenvalue weighted by Gasteiger charge is 2.29. The van der Waals surface area contributed by atoms with E-state index in [9.17, 15) is 13.2 Å². The smallest absolute Gasteiger partial charge is 0.366 e. The van der Waals surface area contributed by atoms with Crippen LogP contribution in [-0.4, -0.2) is 20.1 Å². The number of benzene rings is 1. The van der Waals surface area contributed by atoms with E-state index in [1.165, 1.54) is 16.6 Å². The fourth-order valence-corrected chi connectivity index (χ4v) is 3.07. The van der Waals surface area contributed by atoms with Gasteiger partial charge in [0.15, 0.2) is 5.65 Å². The van der Waals surface area contributed by atoms with E-state index in [1.807, 2.05) is 0 Å². The highest BCUT2D eigenvalue weighted by Crippen LogP contribution is 2.38. The second-order valence-corrected chi connectivity index (χ2v) is 6.44. The van der Waals surface area contributed by atoms with E-state index in [4.69, 9.17) is 5.73 Å². The molecule has 0 atom stereocenters. The number of alkyl halides is 3. The first-order valence-electron chi connectivity index (χ1n) is 5.99. The van der Waals surface area contributed by atoms with Crippen LogP contribution in [0.1, 0.15) is 0 Å². The molecule has 9 heteroatoms. The van der Waals surface area contributed by atoms with Crippen LogP contribution in [0.15, 0.2) is 45.9 Å². The number of nitrogens with two attached hydrogens (primary N) is 1. The molecular formula is C13H8BrF3N4S. The maximum absolute atomic E-state index is 12.5. The molecule has 0 aliphatic heterocycles. The molecule has 2 N–H and O–H groups in total. The van der Waals surface area contributed by atoms with Crippen LogP contribution < -0.4 is 5.73 Å². The third kappa shape index (κ3) is 3.20. The number of nitrogens with zero attached hydrogens (tertiary/aromatic N) is 3. The van der Waals surface area contributed by atoms with Crippen molar-refractivity contribution in [3.8, 4) is 11.1 Å². The Morgan fingerprint density at radius 1 is 1.23 bits per heavy atom. The van der Waals surface area contributed by atoms with Crippen LogP contribution in [0, 0.1) is 0 Å². The second-order valence-electron chi connectivity index (χ2n) is 4.39. The van der Waals surface area contributed by atoms with Gasteiger partial charge in [-0.1, -0.05) is 12.1 Å². The van der Waals surface area contributed by atoms with Crippen LogP contribution in [0.25, 0.3) is 16.8 Å². The van der Waals surface area contributed by atoms with E-state index >= 15 is 0 Å². The number of aromatic nitrogens is 3. The fraction of sp³-hybridized carbons (Fsp3) is 0.0769. The van der Waals surface area contributed by atoms with Crippen molar-refractivity contribution in [3.05, 3.63) is 41.0 Å². The lowest BCUT2D eigenvalue weighted by Gasteiger charge is -2.08. The number of nitrogen functional groups attached to an aromatic ring is 1. The molecule has 22 heavy (non-hydrogen) atoms. The van der Waals surface area contributed by atoms with Crippen molar-refractivity contribution >= 4 is 39.3 Å². The first-order valence-corrected chi connectivity index (χ1v) is 7.60. The molecule has 3 aromatic rings. The van der Waals surface area contributed by atoms with Gasteiger partial charge in [0, 0.05) is 21.1 Å². The van der Waals surface area contributed by atoms with Crippen LogP contribution in [0.4, 0.5) is 19.1 Å². The van der Waals surface area contributed by atoms with Gasteiger partial charge in [-0.2, -0.15) is 18.2 Å². The van der Waals surface area contributed by atoms with Crippen molar-refractivity contribution < 1.29 is 13.2 Å². The molecule has 3 rings (SSSR count). The summed E-state index contributed by atoms with van der Waals surface area (Å²) in [6, 6.07) is 7.92. The van der Waals surface area contributed by atoms with Crippen LogP contribution >= 0.6 is 27.7 Å². The summed E-state index contributed by atoms with van der Waals surface area (Å²) in [7, 11) is 0. The summed E-state index contributed by atoms with van der Waals surface area (Å²) in [5.41, 5.74) is 2.99. The zero-order chi connectivity index (χ0) is 15.9. The monoisotopic (exact) mass is 388 g/mol. The molecule has 2 aromatic heterocycles. The molecule has 0 saturated heterocycles. The quantitative estimate of drug-likeness (QED) is 0.662. The Labute approximate surface area is 135 Å². The van der Waals surface area contributed by atoms with Crippen molar-refractivity contribution in [1.82, 2.24) is 14.6 Å². The van der Waals surface area contributed by atoms with Crippen LogP contribution in [0.3, 0.4) is 0 Å². The standard InChI is InChI=1S/C13H8BrF3N4S/c14-8-5-10(11-19-12(18)20-21(11)6-8)7-2-1-3-9(4-7)22-13(15,16)17/h1-6H,(H2,18,20). The third-order valence-corrected chi connectivity index (χ3v) is 3.95. The van der Waals surface area contributed by atoms with E-state index in [0.717, 1.165) is 0 Å². The predicted octanol–water partition coefficient (Wildman–Crippen LogP) is 4.35. The molecule has 0 bridgehead atoms. The fourth-order valence-electron chi connectivity index (χ4n) is 2.04. The van der Waals surface area contributed by atoms with Crippen molar-refractivity contribution in [3.63, 3.8) is 0 Å². The molecule has 4 nitrogen and oxygen atoms in total. The van der Waals surface area contributed by atoms with Gasteiger partial charge in [-0.25, -0.2) is 4.52 Å². The molecule has 114 valence electrons. The number of halogens is 4. The van der Waals surface area contributed by atoms with Gasteiger partial charge in [0.05, 0.1) is 0 Å². The minimum atomic E-state index is -4.33. The topological polar surface area (TPSA) is 56.2 Å². The second kappa shape index (κ2) is 5.47. The lowest BCUT2D eigenvalue weighted by atomic mass is 10.1. The molecule has 0 fully saturated rings. The summed E-state index contributed by atoms with van der Waals surface area (Å²) in [4.78, 5) is 4.22. The van der Waals surface area contributed by atoms with Gasteiger partial charge in [-0.05, 0) is 51.5 Å². The molecule has 0 aliphatic carbocycles. The van der Waals surface area contributed by atoms with Gasteiger partial charge in [0.2, 0.25) is 5.95 Å². The molecule has 0 aliphatic rings. The largest absolute Gasteiger partial charge is 0.446 e. The van der Waals surface area contributed by atoms with Crippen molar-refractivity contribution in [2.45, 2.75) is 10.4 Å². The maximum atomic E-state index is 12.5. The predicted molar refractivity (Wildman–Crippen MR) is 82.4 cm³/mol. The molecule has 1 aromatic carbocycles. The zero-order valence-corrected chi connectivity index (χ0v) is 13.2. The van der Waals surface area contributed by atoms with Crippen LogP contribution in [0.2, 0.25) is 0 Å². The van der Waals surface area contributed by atoms with Gasteiger partial charge in [-0.15, -0.1) is 5.10 Å². The summed E-state index contributed by atoms with van der Waals surface area (Å²) in [5.74, 6) is 0.0974. The Hall–Kier alpha value is -1.74. The molecule has 0 unspecified atom stereocenters. The van der Waals surface area contributed by atoms with Gasteiger partial charge in [0.1, 0.15) is 0 Å². The van der Waals surface area contributed by atoms with Gasteiger partial charge < -0.3 is 5.73 Å². The highest BCUT2D eigenvalue weighted by molar-refractivity contribution is 9.10. The number of anilines is 1. The SMILES string of the molecule is Nc1nc2c(-c3cccc(SC(F)(F)F)c3)cc(Br)cn2n1. The molecule has 0 spiro atoms. The minimum absolute atomic E-state index is 0.0974. The van der Waals surface area contributed by atoms with Gasteiger partial charge >= 0.3 is 5.51 Å². The summed E-state index contributed by atoms with van der Waals surface area (Å²) < 4.78 is 39.7. The lowest BCUT2D eigenvalue weighted by molar-refractivity contribution is -0.0328. The third-order valence-electron chi connectivity index (χ3n) is 2.80. The van der Waals surface area contributed by atoms with E-state index in [0.29, 0.717) is 21.2 Å². The Bertz CT molecular complexity index is 847. The summed E-state index contributed by atoms with van der Waals surface area (Å²) in [6.45, 7) is 0. The van der Waals surface area contributed by atoms with Crippen molar-refractivity contribution in [1.29, 1.82) is 0 Å². The Morgan fingerprint density at radius 2 is 2.00 bits per heavy atom. The van der Waals surface area contributed by atoms with Gasteiger partial charge in [-0.3, -0.25) is 0 Å². The molecule has 0 radical (unpaired) electrons. The maximum Gasteiger partial charge on any atom is 0.446 e. The lowest BCUT2D eigenvalue weighted by Crippen LogP contribution is -1.99. The number of hydrogen-bond acceptors (Lipinski definition) is 4. The minimum Gasteiger partial charge on any atom is -0.366 e. The number of rotatable bonds is 2. The van der Waals surface area contributed by atoms with E-state index in [1.54, 1.807) is 24.4 Å². The molecule has 0 amide bonds. The zero-order valence-electron chi connectivity index (χ0n) is 10.8. The number of pyridine rings is 1. The Balaban J connectivity index is 2.13. The van der Waals surface area contributed by atoms with Crippen LogP contribution in [0.5, 0.6) is 0 Å². The average Bonchev–Trinajstić information content (AvgIpc) is 2.76. The van der Waals surface area contributed by atoms with E-state index in [-0.39, 0.29) is 22.6 Å². The summed E-state index contributed by atoms with van der Waals surface area (Å²) in [6.07, 6.45) is 1.68. The van der Waals surface area contributed by atoms with Crippen LogP contribution in [-0.2, 0) is 0 Å². The van der Waals surface area contributed by atoms with Crippen molar-refractivity contribution in [2.75, 3.05) is 5.73 Å². The highest BCUT2D eigenvalue weighted by atomic mass is 79.9. The molecule has 0 saturated carbocycles. The Morgan fingerprint density at radius 3 is 2.73 bits per heavy atom. The first kappa shape index (κ1) is 15.2. The van der Waals surface area contributed by atoms with Gasteiger partial charge in [0.25, 0.3) is 0 Å². The van der Waals surface area contributed by atoms with E-state index in [2.05, 4.69) is 26.0 Å². The Kier molecular flexibility index (Phi) is 3.77. The van der Waals surface area contributed by atoms with Crippen molar-refractivity contribution in [2.24, 2.45) is 0 Å². The number of thioether (sulfide) groups is 1. The van der Waals surface area contributed by atoms with E-state index < -0.39 is 5.51 Å². The summed E-state index contributed by atoms with van der Waals surface area (Å²) in [5, 5.41) is 4.01. The number of fused-ring (bicyclic) bond motifs is 1. The normalized spacial score (nSPS) is 12.0. The molecule has 2 heterocycles. The average molecular weight is 389 g/mol. The summed E-state index contributed by atoms with van der Waals surface area (Å²) >= 11 is 3.19. The number of hydrogen-bond donors (Lipinski definition) is 1. The first-order chi connectivity index (χ1) is 10.3. The molecular weight excluding hydrogens is 381 g/mol.